The molecule has 2 heterocycles. The van der Waals surface area contributed by atoms with Crippen molar-refractivity contribution in [1.29, 1.82) is 0 Å². The summed E-state index contributed by atoms with van der Waals surface area (Å²) in [6, 6.07) is 12.9. The van der Waals surface area contributed by atoms with Gasteiger partial charge < -0.3 is 9.38 Å². The lowest BCUT2D eigenvalue weighted by molar-refractivity contribution is -0.888. The second kappa shape index (κ2) is 15.8. The number of aromatic nitrogens is 2. The van der Waals surface area contributed by atoms with E-state index in [1.165, 1.54) is 74.8 Å². The first-order valence-electron chi connectivity index (χ1n) is 12.7. The van der Waals surface area contributed by atoms with Gasteiger partial charge in [0.15, 0.2) is 23.8 Å². The van der Waals surface area contributed by atoms with Gasteiger partial charge in [0.1, 0.15) is 13.1 Å². The van der Waals surface area contributed by atoms with E-state index in [4.69, 9.17) is 0 Å². The third kappa shape index (κ3) is 12.3. The van der Waals surface area contributed by atoms with E-state index < -0.39 is 0 Å². The van der Waals surface area contributed by atoms with Gasteiger partial charge in [0.2, 0.25) is 0 Å². The van der Waals surface area contributed by atoms with E-state index in [0.29, 0.717) is 0 Å². The average molecular weight is 493 g/mol. The third-order valence-electron chi connectivity index (χ3n) is 6.48. The van der Waals surface area contributed by atoms with Gasteiger partial charge in [-0.2, -0.15) is 0 Å². The number of rotatable bonds is 17. The molecular weight excluding hydrogens is 444 g/mol. The third-order valence-corrected chi connectivity index (χ3v) is 8.86. The summed E-state index contributed by atoms with van der Waals surface area (Å²) in [5.41, 5.74) is 2.71. The predicted molar refractivity (Wildman–Crippen MR) is 145 cm³/mol. The quantitative estimate of drug-likeness (QED) is 0.158. The average Bonchev–Trinajstić information content (AvgIpc) is 2.79. The van der Waals surface area contributed by atoms with Gasteiger partial charge in [-0.05, 0) is 0 Å². The van der Waals surface area contributed by atoms with E-state index in [0.717, 1.165) is 17.6 Å². The standard InChI is InChI=1S/C27H47N4S2/c1-26-14-6-8-17-29(26)19-11-10-16-28(3)21-24-32-33-25-23-31(4,5)22-13-12-20-30-18-9-7-15-27(30)2/h6-9,14-15,17-18H,10-13,16,19-25H2,1-5H3/q+3/p+1. The van der Waals surface area contributed by atoms with Gasteiger partial charge in [-0.15, -0.1) is 0 Å². The maximum absolute atomic E-state index is 2.39. The van der Waals surface area contributed by atoms with Crippen LogP contribution in [0.25, 0.3) is 0 Å². The van der Waals surface area contributed by atoms with Crippen LogP contribution in [0.1, 0.15) is 37.1 Å². The zero-order valence-corrected chi connectivity index (χ0v) is 23.4. The molecule has 0 bridgehead atoms. The fourth-order valence-electron chi connectivity index (χ4n) is 4.01. The maximum atomic E-state index is 2.39. The Hall–Kier alpha value is -1.08. The molecule has 184 valence electrons. The van der Waals surface area contributed by atoms with Gasteiger partial charge in [-0.25, -0.2) is 9.13 Å². The molecule has 33 heavy (non-hydrogen) atoms. The van der Waals surface area contributed by atoms with E-state index in [-0.39, 0.29) is 0 Å². The molecule has 0 aliphatic heterocycles. The molecule has 2 aromatic rings. The predicted octanol–water partition coefficient (Wildman–Crippen LogP) is 3.11. The summed E-state index contributed by atoms with van der Waals surface area (Å²) in [6.45, 7) is 11.7. The highest BCUT2D eigenvalue weighted by Gasteiger charge is 2.15. The van der Waals surface area contributed by atoms with Crippen molar-refractivity contribution in [2.45, 2.75) is 52.6 Å². The van der Waals surface area contributed by atoms with Crippen LogP contribution < -0.4 is 14.0 Å². The van der Waals surface area contributed by atoms with Crippen molar-refractivity contribution in [3.05, 3.63) is 60.2 Å². The largest absolute Gasteiger partial charge is 0.337 e. The highest BCUT2D eigenvalue weighted by atomic mass is 33.1. The summed E-state index contributed by atoms with van der Waals surface area (Å²) >= 11 is 0. The van der Waals surface area contributed by atoms with Crippen molar-refractivity contribution < 1.29 is 18.5 Å². The van der Waals surface area contributed by atoms with Crippen LogP contribution in [0.2, 0.25) is 0 Å². The molecule has 0 spiro atoms. The normalized spacial score (nSPS) is 12.8. The first-order valence-corrected chi connectivity index (χ1v) is 15.1. The fourth-order valence-corrected chi connectivity index (χ4v) is 6.43. The number of nitrogens with zero attached hydrogens (tertiary/aromatic N) is 3. The molecule has 0 radical (unpaired) electrons. The van der Waals surface area contributed by atoms with Crippen molar-refractivity contribution in [2.24, 2.45) is 0 Å². The molecule has 0 aromatic carbocycles. The van der Waals surface area contributed by atoms with Crippen molar-refractivity contribution in [1.82, 2.24) is 0 Å². The first kappa shape index (κ1) is 28.2. The van der Waals surface area contributed by atoms with Gasteiger partial charge in [-0.3, -0.25) is 0 Å². The van der Waals surface area contributed by atoms with Crippen molar-refractivity contribution >= 4 is 21.6 Å². The molecule has 0 amide bonds. The minimum atomic E-state index is 1.13. The molecule has 1 unspecified atom stereocenters. The maximum Gasteiger partial charge on any atom is 0.178 e. The molecule has 6 heteroatoms. The number of aryl methyl sites for hydroxylation is 4. The van der Waals surface area contributed by atoms with Crippen LogP contribution in [-0.4, -0.2) is 63.3 Å². The Kier molecular flexibility index (Phi) is 13.4. The van der Waals surface area contributed by atoms with Gasteiger partial charge >= 0.3 is 0 Å². The highest BCUT2D eigenvalue weighted by Crippen LogP contribution is 2.20. The van der Waals surface area contributed by atoms with E-state index in [1.807, 2.05) is 0 Å². The van der Waals surface area contributed by atoms with Crippen LogP contribution in [0.3, 0.4) is 0 Å². The molecule has 2 rings (SSSR count). The number of quaternary nitrogens is 2. The van der Waals surface area contributed by atoms with E-state index in [2.05, 4.69) is 115 Å². The molecular formula is C27H48N4S2+4. The summed E-state index contributed by atoms with van der Waals surface area (Å²) in [4.78, 5) is 1.67. The van der Waals surface area contributed by atoms with Crippen LogP contribution in [0.5, 0.6) is 0 Å². The molecule has 0 saturated carbocycles. The van der Waals surface area contributed by atoms with E-state index in [9.17, 15) is 0 Å². The smallest absolute Gasteiger partial charge is 0.178 e. The molecule has 2 aromatic heterocycles. The molecule has 0 aliphatic rings. The summed E-state index contributed by atoms with van der Waals surface area (Å²) in [6.07, 6.45) is 9.53. The molecule has 4 nitrogen and oxygen atoms in total. The SMILES string of the molecule is Cc1cccc[n+]1CCCC[NH+](C)CCSSCC[N+](C)(C)CCCC[n+]1ccccc1C. The minimum absolute atomic E-state index is 1.13. The van der Waals surface area contributed by atoms with E-state index in [1.54, 1.807) is 4.90 Å². The Morgan fingerprint density at radius 1 is 0.727 bits per heavy atom. The Balaban J connectivity index is 1.44. The summed E-state index contributed by atoms with van der Waals surface area (Å²) in [7, 11) is 11.3. The Morgan fingerprint density at radius 3 is 1.91 bits per heavy atom. The molecule has 0 fully saturated rings. The van der Waals surface area contributed by atoms with Crippen molar-refractivity contribution in [2.75, 3.05) is 58.8 Å². The number of nitrogens with one attached hydrogen (secondary N) is 1. The first-order chi connectivity index (χ1) is 15.9. The van der Waals surface area contributed by atoms with Gasteiger partial charge in [0.05, 0.1) is 58.8 Å². The van der Waals surface area contributed by atoms with Crippen LogP contribution in [-0.2, 0) is 13.1 Å². The van der Waals surface area contributed by atoms with Crippen LogP contribution in [0.15, 0.2) is 48.8 Å². The molecule has 1 N–H and O–H groups in total. The second-order valence-electron chi connectivity index (χ2n) is 9.97. The summed E-state index contributed by atoms with van der Waals surface area (Å²) < 4.78 is 5.87. The zero-order chi connectivity index (χ0) is 23.9. The van der Waals surface area contributed by atoms with Gasteiger partial charge in [0.25, 0.3) is 0 Å². The number of pyridine rings is 2. The van der Waals surface area contributed by atoms with Crippen molar-refractivity contribution in [3.63, 3.8) is 0 Å². The molecule has 0 aliphatic carbocycles. The number of hydrogen-bond acceptors (Lipinski definition) is 2. The van der Waals surface area contributed by atoms with Crippen LogP contribution in [0, 0.1) is 13.8 Å². The Morgan fingerprint density at radius 2 is 1.30 bits per heavy atom. The van der Waals surface area contributed by atoms with Crippen molar-refractivity contribution in [3.8, 4) is 0 Å². The lowest BCUT2D eigenvalue weighted by Crippen LogP contribution is -3.09. The fraction of sp³-hybridized carbons (Fsp3) is 0.630. The number of unbranched alkanes of at least 4 members (excludes halogenated alkanes) is 2. The monoisotopic (exact) mass is 492 g/mol. The van der Waals surface area contributed by atoms with Gasteiger partial charge in [0, 0.05) is 63.8 Å². The lowest BCUT2D eigenvalue weighted by Gasteiger charge is -2.29. The lowest BCUT2D eigenvalue weighted by atomic mass is 10.2. The summed E-state index contributed by atoms with van der Waals surface area (Å²) in [5, 5.41) is 0. The topological polar surface area (TPSA) is 12.2 Å². The minimum Gasteiger partial charge on any atom is -0.337 e. The van der Waals surface area contributed by atoms with E-state index >= 15 is 0 Å². The van der Waals surface area contributed by atoms with Crippen LogP contribution >= 0.6 is 21.6 Å². The zero-order valence-electron chi connectivity index (χ0n) is 21.8. The number of hydrogen-bond donors (Lipinski definition) is 1. The Bertz CT molecular complexity index is 797. The second-order valence-corrected chi connectivity index (χ2v) is 12.7. The molecule has 0 saturated heterocycles. The highest BCUT2D eigenvalue weighted by molar-refractivity contribution is 8.76. The van der Waals surface area contributed by atoms with Gasteiger partial charge in [-0.1, -0.05) is 33.7 Å². The Labute approximate surface area is 211 Å². The molecule has 1 atom stereocenters. The summed E-state index contributed by atoms with van der Waals surface area (Å²) in [5.74, 6) is 2.50. The van der Waals surface area contributed by atoms with Crippen LogP contribution in [0.4, 0.5) is 0 Å².